The number of hydrogen-bond donors (Lipinski definition) is 1. The SMILES string of the molecule is CCC/C=N\C(=N/C)c1ccc(NC(=O)/N=C(/C)SCC(=O)CCC)c(F)c1. The predicted molar refractivity (Wildman–Crippen MR) is 117 cm³/mol. The third-order valence-electron chi connectivity index (χ3n) is 3.54. The quantitative estimate of drug-likeness (QED) is 0.480. The van der Waals surface area contributed by atoms with Crippen molar-refractivity contribution in [3.63, 3.8) is 0 Å². The van der Waals surface area contributed by atoms with Crippen LogP contribution in [0.25, 0.3) is 0 Å². The highest BCUT2D eigenvalue weighted by Crippen LogP contribution is 2.17. The zero-order valence-electron chi connectivity index (χ0n) is 16.8. The maximum Gasteiger partial charge on any atom is 0.346 e. The van der Waals surface area contributed by atoms with E-state index in [2.05, 4.69) is 20.3 Å². The number of anilines is 1. The molecule has 0 saturated carbocycles. The van der Waals surface area contributed by atoms with Crippen LogP contribution in [0.4, 0.5) is 14.9 Å². The molecule has 1 aromatic carbocycles. The second kappa shape index (κ2) is 12.9. The van der Waals surface area contributed by atoms with E-state index in [4.69, 9.17) is 0 Å². The zero-order chi connectivity index (χ0) is 20.9. The van der Waals surface area contributed by atoms with Crippen LogP contribution in [0.1, 0.15) is 52.0 Å². The van der Waals surface area contributed by atoms with Gasteiger partial charge >= 0.3 is 6.03 Å². The minimum atomic E-state index is -0.690. The van der Waals surface area contributed by atoms with Crippen molar-refractivity contribution in [2.75, 3.05) is 18.1 Å². The van der Waals surface area contributed by atoms with E-state index in [0.717, 1.165) is 19.3 Å². The standard InChI is InChI=1S/C20H27FN4O2S/c1-5-7-11-23-19(22-4)15-9-10-18(17(21)12-15)25-20(27)24-14(3)28-13-16(26)8-6-2/h9-12H,5-8,13H2,1-4H3,(H,25,27)/b22-19-,23-11-,24-14-. The number of aliphatic imine (C=N–C) groups is 3. The highest BCUT2D eigenvalue weighted by atomic mass is 32.2. The van der Waals surface area contributed by atoms with Gasteiger partial charge in [0.05, 0.1) is 16.5 Å². The summed E-state index contributed by atoms with van der Waals surface area (Å²) >= 11 is 1.20. The molecule has 0 aliphatic carbocycles. The second-order valence-corrected chi connectivity index (χ2v) is 7.15. The predicted octanol–water partition coefficient (Wildman–Crippen LogP) is 5.13. The van der Waals surface area contributed by atoms with Crippen molar-refractivity contribution in [2.24, 2.45) is 15.0 Å². The molecule has 0 bridgehead atoms. The van der Waals surface area contributed by atoms with Gasteiger partial charge in [0.15, 0.2) is 5.84 Å². The Hall–Kier alpha value is -2.35. The first-order chi connectivity index (χ1) is 13.4. The van der Waals surface area contributed by atoms with Crippen molar-refractivity contribution in [2.45, 2.75) is 46.5 Å². The van der Waals surface area contributed by atoms with Gasteiger partial charge < -0.3 is 5.32 Å². The highest BCUT2D eigenvalue weighted by Gasteiger charge is 2.10. The lowest BCUT2D eigenvalue weighted by molar-refractivity contribution is -0.116. The average Bonchev–Trinajstić information content (AvgIpc) is 2.65. The van der Waals surface area contributed by atoms with Gasteiger partial charge in [0.1, 0.15) is 11.6 Å². The highest BCUT2D eigenvalue weighted by molar-refractivity contribution is 8.14. The summed E-state index contributed by atoms with van der Waals surface area (Å²) in [5.41, 5.74) is 0.542. The first kappa shape index (κ1) is 23.7. The summed E-state index contributed by atoms with van der Waals surface area (Å²) in [5.74, 6) is 0.208. The third-order valence-corrected chi connectivity index (χ3v) is 4.52. The summed E-state index contributed by atoms with van der Waals surface area (Å²) in [7, 11) is 1.59. The van der Waals surface area contributed by atoms with E-state index in [1.807, 2.05) is 13.8 Å². The molecular weight excluding hydrogens is 379 g/mol. The third kappa shape index (κ3) is 8.56. The number of Topliss-reactive ketones (excluding diaryl/α,β-unsaturated/α-hetero) is 1. The van der Waals surface area contributed by atoms with Gasteiger partial charge in [-0.15, -0.1) is 11.8 Å². The number of hydrogen-bond acceptors (Lipinski definition) is 4. The van der Waals surface area contributed by atoms with E-state index in [9.17, 15) is 14.0 Å². The van der Waals surface area contributed by atoms with E-state index in [1.165, 1.54) is 23.9 Å². The summed E-state index contributed by atoms with van der Waals surface area (Å²) in [6.45, 7) is 5.61. The molecule has 0 aliphatic rings. The Bertz CT molecular complexity index is 775. The van der Waals surface area contributed by atoms with E-state index in [1.54, 1.807) is 26.3 Å². The van der Waals surface area contributed by atoms with Crippen LogP contribution in [0, 0.1) is 5.82 Å². The fourth-order valence-electron chi connectivity index (χ4n) is 2.15. The number of carbonyl (C=O) groups excluding carboxylic acids is 2. The zero-order valence-corrected chi connectivity index (χ0v) is 17.6. The molecule has 6 nitrogen and oxygen atoms in total. The minimum Gasteiger partial charge on any atom is -0.303 e. The Kier molecular flexibility index (Phi) is 10.9. The maximum absolute atomic E-state index is 14.4. The fourth-order valence-corrected chi connectivity index (χ4v) is 2.81. The molecular formula is C20H27FN4O2S. The van der Waals surface area contributed by atoms with Crippen LogP contribution in [-0.4, -0.2) is 41.7 Å². The number of rotatable bonds is 8. The molecule has 1 rings (SSSR count). The van der Waals surface area contributed by atoms with Crippen LogP contribution in [0.5, 0.6) is 0 Å². The van der Waals surface area contributed by atoms with Gasteiger partial charge in [-0.3, -0.25) is 9.79 Å². The van der Waals surface area contributed by atoms with Crippen molar-refractivity contribution >= 4 is 46.4 Å². The Morgan fingerprint density at radius 1 is 1.25 bits per heavy atom. The van der Waals surface area contributed by atoms with Gasteiger partial charge in [0, 0.05) is 25.2 Å². The lowest BCUT2D eigenvalue weighted by Crippen LogP contribution is -2.11. The molecule has 0 aromatic heterocycles. The van der Waals surface area contributed by atoms with Crippen molar-refractivity contribution in [3.05, 3.63) is 29.6 Å². The van der Waals surface area contributed by atoms with Crippen LogP contribution in [0.15, 0.2) is 33.2 Å². The van der Waals surface area contributed by atoms with Gasteiger partial charge in [-0.25, -0.2) is 14.2 Å². The Morgan fingerprint density at radius 2 is 2.00 bits per heavy atom. The normalized spacial score (nSPS) is 12.5. The van der Waals surface area contributed by atoms with Crippen LogP contribution in [-0.2, 0) is 4.79 Å². The largest absolute Gasteiger partial charge is 0.346 e. The van der Waals surface area contributed by atoms with Gasteiger partial charge in [0.2, 0.25) is 0 Å². The molecule has 0 saturated heterocycles. The Labute approximate surface area is 169 Å². The molecule has 1 aromatic rings. The van der Waals surface area contributed by atoms with E-state index in [0.29, 0.717) is 22.9 Å². The number of amidine groups is 1. The Balaban J connectivity index is 2.75. The number of unbranched alkanes of at least 4 members (excludes halogenated alkanes) is 1. The maximum atomic E-state index is 14.4. The summed E-state index contributed by atoms with van der Waals surface area (Å²) in [5, 5.41) is 2.86. The number of ketones is 1. The molecule has 0 spiro atoms. The first-order valence-electron chi connectivity index (χ1n) is 9.21. The Morgan fingerprint density at radius 3 is 2.61 bits per heavy atom. The van der Waals surface area contributed by atoms with E-state index < -0.39 is 11.8 Å². The number of urea groups is 1. The summed E-state index contributed by atoms with van der Waals surface area (Å²) in [4.78, 5) is 35.6. The number of nitrogens with zero attached hydrogens (tertiary/aromatic N) is 3. The average molecular weight is 407 g/mol. The van der Waals surface area contributed by atoms with Crippen molar-refractivity contribution in [3.8, 4) is 0 Å². The first-order valence-corrected chi connectivity index (χ1v) is 10.2. The van der Waals surface area contributed by atoms with Gasteiger partial charge in [-0.05, 0) is 38.0 Å². The number of amides is 2. The van der Waals surface area contributed by atoms with Crippen molar-refractivity contribution < 1.29 is 14.0 Å². The second-order valence-electron chi connectivity index (χ2n) is 5.98. The lowest BCUT2D eigenvalue weighted by atomic mass is 10.1. The van der Waals surface area contributed by atoms with Crippen molar-refractivity contribution in [1.29, 1.82) is 0 Å². The smallest absolute Gasteiger partial charge is 0.303 e. The van der Waals surface area contributed by atoms with Crippen LogP contribution in [0.2, 0.25) is 0 Å². The van der Waals surface area contributed by atoms with Gasteiger partial charge in [-0.1, -0.05) is 20.3 Å². The summed E-state index contributed by atoms with van der Waals surface area (Å²) in [6.07, 6.45) is 4.82. The molecule has 152 valence electrons. The molecule has 28 heavy (non-hydrogen) atoms. The van der Waals surface area contributed by atoms with Gasteiger partial charge in [-0.2, -0.15) is 4.99 Å². The lowest BCUT2D eigenvalue weighted by Gasteiger charge is -2.07. The molecule has 0 unspecified atom stereocenters. The molecule has 0 atom stereocenters. The number of carbonyl (C=O) groups is 2. The topological polar surface area (TPSA) is 83.2 Å². The molecule has 8 heteroatoms. The molecule has 2 amide bonds. The van der Waals surface area contributed by atoms with Crippen molar-refractivity contribution in [1.82, 2.24) is 0 Å². The van der Waals surface area contributed by atoms with E-state index in [-0.39, 0.29) is 17.2 Å². The van der Waals surface area contributed by atoms with E-state index >= 15 is 0 Å². The summed E-state index contributed by atoms with van der Waals surface area (Å²) in [6, 6.07) is 3.67. The molecule has 0 fully saturated rings. The number of nitrogens with one attached hydrogen (secondary N) is 1. The minimum absolute atomic E-state index is 0.0188. The van der Waals surface area contributed by atoms with Crippen LogP contribution >= 0.6 is 11.8 Å². The molecule has 0 aliphatic heterocycles. The van der Waals surface area contributed by atoms with Gasteiger partial charge in [0.25, 0.3) is 0 Å². The fraction of sp³-hybridized carbons (Fsp3) is 0.450. The van der Waals surface area contributed by atoms with Crippen LogP contribution < -0.4 is 5.32 Å². The number of halogens is 1. The summed E-state index contributed by atoms with van der Waals surface area (Å²) < 4.78 is 14.4. The monoisotopic (exact) mass is 406 g/mol. The molecule has 1 N–H and O–H groups in total. The number of benzene rings is 1. The number of thioether (sulfide) groups is 1. The molecule has 0 heterocycles. The van der Waals surface area contributed by atoms with Crippen LogP contribution in [0.3, 0.4) is 0 Å². The molecule has 0 radical (unpaired) electrons.